The van der Waals surface area contributed by atoms with Crippen LogP contribution in [0.5, 0.6) is 5.75 Å². The highest BCUT2D eigenvalue weighted by Gasteiger charge is 2.15. The molecule has 0 aliphatic carbocycles. The maximum Gasteiger partial charge on any atom is 0.325 e. The molecular formula is C10H13NO3S. The summed E-state index contributed by atoms with van der Waals surface area (Å²) in [6, 6.07) is 4.14. The molecule has 1 aromatic rings. The van der Waals surface area contributed by atoms with E-state index in [1.807, 2.05) is 6.26 Å². The fourth-order valence-corrected chi connectivity index (χ4v) is 1.80. The highest BCUT2D eigenvalue weighted by Crippen LogP contribution is 2.29. The maximum atomic E-state index is 10.7. The van der Waals surface area contributed by atoms with Gasteiger partial charge >= 0.3 is 5.97 Å². The lowest BCUT2D eigenvalue weighted by Crippen LogP contribution is -2.20. The topological polar surface area (TPSA) is 72.5 Å². The molecule has 1 atom stereocenters. The summed E-state index contributed by atoms with van der Waals surface area (Å²) in [5.41, 5.74) is 6.08. The number of thioether (sulfide) groups is 1. The molecule has 4 nitrogen and oxygen atoms in total. The minimum absolute atomic E-state index is 0.577. The minimum Gasteiger partial charge on any atom is -0.496 e. The number of hydrogen-bond acceptors (Lipinski definition) is 4. The molecule has 0 aromatic heterocycles. The number of methoxy groups -OCH3 is 1. The molecule has 0 radical (unpaired) electrons. The second kappa shape index (κ2) is 5.04. The number of rotatable bonds is 4. The van der Waals surface area contributed by atoms with Gasteiger partial charge in [-0.2, -0.15) is 0 Å². The van der Waals surface area contributed by atoms with Crippen LogP contribution < -0.4 is 10.5 Å². The number of nitrogens with two attached hydrogens (primary N) is 1. The second-order valence-electron chi connectivity index (χ2n) is 2.93. The van der Waals surface area contributed by atoms with Gasteiger partial charge in [-0.3, -0.25) is 4.79 Å². The first-order valence-electron chi connectivity index (χ1n) is 4.30. The van der Waals surface area contributed by atoms with Crippen LogP contribution in [0.2, 0.25) is 0 Å². The summed E-state index contributed by atoms with van der Waals surface area (Å²) in [7, 11) is 1.58. The van der Waals surface area contributed by atoms with Gasteiger partial charge in [-0.05, 0) is 24.0 Å². The number of carbonyl (C=O) groups is 1. The molecule has 3 N–H and O–H groups in total. The van der Waals surface area contributed by atoms with Crippen LogP contribution >= 0.6 is 11.8 Å². The van der Waals surface area contributed by atoms with E-state index in [0.29, 0.717) is 5.56 Å². The van der Waals surface area contributed by atoms with Crippen molar-refractivity contribution in [3.05, 3.63) is 23.8 Å². The van der Waals surface area contributed by atoms with Crippen molar-refractivity contribution in [2.75, 3.05) is 13.4 Å². The summed E-state index contributed by atoms with van der Waals surface area (Å²) < 4.78 is 5.12. The zero-order chi connectivity index (χ0) is 11.4. The third-order valence-corrected chi connectivity index (χ3v) is 2.79. The Morgan fingerprint density at radius 1 is 1.60 bits per heavy atom. The Kier molecular flexibility index (Phi) is 3.99. The largest absolute Gasteiger partial charge is 0.496 e. The zero-order valence-corrected chi connectivity index (χ0v) is 9.38. The Hall–Kier alpha value is -1.20. The van der Waals surface area contributed by atoms with Gasteiger partial charge in [0.2, 0.25) is 0 Å². The van der Waals surface area contributed by atoms with Gasteiger partial charge in [0.1, 0.15) is 11.8 Å². The lowest BCUT2D eigenvalue weighted by atomic mass is 10.1. The molecule has 0 aliphatic heterocycles. The van der Waals surface area contributed by atoms with Crippen LogP contribution in [0, 0.1) is 0 Å². The quantitative estimate of drug-likeness (QED) is 0.763. The lowest BCUT2D eigenvalue weighted by molar-refractivity contribution is -0.138. The molecule has 0 amide bonds. The molecule has 0 fully saturated rings. The van der Waals surface area contributed by atoms with Crippen LogP contribution in [0.15, 0.2) is 23.1 Å². The zero-order valence-electron chi connectivity index (χ0n) is 8.56. The van der Waals surface area contributed by atoms with Gasteiger partial charge in [0.15, 0.2) is 0 Å². The highest BCUT2D eigenvalue weighted by molar-refractivity contribution is 7.98. The Morgan fingerprint density at radius 3 is 2.73 bits per heavy atom. The van der Waals surface area contributed by atoms with E-state index in [9.17, 15) is 4.79 Å². The predicted octanol–water partition coefficient (Wildman–Crippen LogP) is 1.50. The molecule has 0 aliphatic rings. The summed E-state index contributed by atoms with van der Waals surface area (Å²) in [4.78, 5) is 11.6. The van der Waals surface area contributed by atoms with Gasteiger partial charge in [-0.1, -0.05) is 6.07 Å². The average molecular weight is 227 g/mol. The first kappa shape index (κ1) is 11.9. The van der Waals surface area contributed by atoms with Gasteiger partial charge in [0.25, 0.3) is 0 Å². The minimum atomic E-state index is -1.03. The van der Waals surface area contributed by atoms with E-state index in [0.717, 1.165) is 10.6 Å². The van der Waals surface area contributed by atoms with Gasteiger partial charge in [-0.25, -0.2) is 0 Å². The highest BCUT2D eigenvalue weighted by atomic mass is 32.2. The van der Waals surface area contributed by atoms with Crippen LogP contribution in [0.4, 0.5) is 0 Å². The molecule has 0 saturated carbocycles. The van der Waals surface area contributed by atoms with E-state index in [1.54, 1.807) is 25.3 Å². The summed E-state index contributed by atoms with van der Waals surface area (Å²) in [6.45, 7) is 0. The Balaban J connectivity index is 3.07. The van der Waals surface area contributed by atoms with Gasteiger partial charge in [0, 0.05) is 4.90 Å². The fraction of sp³-hybridized carbons (Fsp3) is 0.300. The van der Waals surface area contributed by atoms with Gasteiger partial charge in [-0.15, -0.1) is 11.8 Å². The van der Waals surface area contributed by atoms with Crippen LogP contribution in [0.1, 0.15) is 11.6 Å². The van der Waals surface area contributed by atoms with Crippen LogP contribution in [-0.2, 0) is 4.79 Å². The number of hydrogen-bond donors (Lipinski definition) is 2. The molecule has 1 unspecified atom stereocenters. The maximum absolute atomic E-state index is 10.7. The predicted molar refractivity (Wildman–Crippen MR) is 59.3 cm³/mol. The van der Waals surface area contributed by atoms with Crippen LogP contribution in [0.25, 0.3) is 0 Å². The number of carboxylic acid groups (broad SMARTS) is 1. The lowest BCUT2D eigenvalue weighted by Gasteiger charge is -2.11. The van der Waals surface area contributed by atoms with E-state index in [4.69, 9.17) is 15.6 Å². The number of carboxylic acids is 1. The monoisotopic (exact) mass is 227 g/mol. The van der Waals surface area contributed by atoms with Crippen LogP contribution in [0.3, 0.4) is 0 Å². The normalized spacial score (nSPS) is 12.2. The standard InChI is InChI=1S/C10H13NO3S/c1-14-7-4-3-6(5-8(7)15-2)9(11)10(12)13/h3-5,9H,11H2,1-2H3,(H,12,13). The van der Waals surface area contributed by atoms with Crippen molar-refractivity contribution in [3.63, 3.8) is 0 Å². The number of aliphatic carboxylic acids is 1. The Bertz CT molecular complexity index is 368. The SMILES string of the molecule is COc1ccc(C(N)C(=O)O)cc1SC. The van der Waals surface area contributed by atoms with E-state index >= 15 is 0 Å². The van der Waals surface area contributed by atoms with Crippen molar-refractivity contribution < 1.29 is 14.6 Å². The van der Waals surface area contributed by atoms with Crippen molar-refractivity contribution in [1.29, 1.82) is 0 Å². The molecule has 82 valence electrons. The van der Waals surface area contributed by atoms with E-state index in [1.165, 1.54) is 11.8 Å². The Morgan fingerprint density at radius 2 is 2.27 bits per heavy atom. The molecule has 0 heterocycles. The van der Waals surface area contributed by atoms with E-state index in [2.05, 4.69) is 0 Å². The van der Waals surface area contributed by atoms with E-state index < -0.39 is 12.0 Å². The molecule has 5 heteroatoms. The number of ether oxygens (including phenoxy) is 1. The molecular weight excluding hydrogens is 214 g/mol. The fourth-order valence-electron chi connectivity index (χ4n) is 1.19. The third kappa shape index (κ3) is 2.64. The summed E-state index contributed by atoms with van der Waals surface area (Å²) in [6.07, 6.45) is 1.90. The van der Waals surface area contributed by atoms with Gasteiger partial charge < -0.3 is 15.6 Å². The first-order chi connectivity index (χ1) is 7.10. The van der Waals surface area contributed by atoms with Gasteiger partial charge in [0.05, 0.1) is 7.11 Å². The Labute approximate surface area is 92.4 Å². The van der Waals surface area contributed by atoms with Crippen molar-refractivity contribution in [2.45, 2.75) is 10.9 Å². The summed E-state index contributed by atoms with van der Waals surface area (Å²) >= 11 is 1.49. The first-order valence-corrected chi connectivity index (χ1v) is 5.53. The molecule has 15 heavy (non-hydrogen) atoms. The van der Waals surface area contributed by atoms with Crippen LogP contribution in [-0.4, -0.2) is 24.4 Å². The second-order valence-corrected chi connectivity index (χ2v) is 3.78. The molecule has 0 saturated heterocycles. The summed E-state index contributed by atoms with van der Waals surface area (Å²) in [5, 5.41) is 8.76. The summed E-state index contributed by atoms with van der Waals surface area (Å²) in [5.74, 6) is -0.309. The van der Waals surface area contributed by atoms with Crippen molar-refractivity contribution in [1.82, 2.24) is 0 Å². The third-order valence-electron chi connectivity index (χ3n) is 2.03. The van der Waals surface area contributed by atoms with Crippen molar-refractivity contribution in [3.8, 4) is 5.75 Å². The molecule has 0 spiro atoms. The number of benzene rings is 1. The average Bonchev–Trinajstić information content (AvgIpc) is 2.26. The molecule has 1 aromatic carbocycles. The molecule has 0 bridgehead atoms. The van der Waals surface area contributed by atoms with E-state index in [-0.39, 0.29) is 0 Å². The molecule has 1 rings (SSSR count). The van der Waals surface area contributed by atoms with Crippen molar-refractivity contribution >= 4 is 17.7 Å². The smallest absolute Gasteiger partial charge is 0.325 e. The van der Waals surface area contributed by atoms with Crippen molar-refractivity contribution in [2.24, 2.45) is 5.73 Å².